The van der Waals surface area contributed by atoms with Crippen LogP contribution >= 0.6 is 0 Å². The summed E-state index contributed by atoms with van der Waals surface area (Å²) < 4.78 is 217. The van der Waals surface area contributed by atoms with Gasteiger partial charge in [-0.3, -0.25) is 0 Å². The van der Waals surface area contributed by atoms with Gasteiger partial charge in [0.15, 0.2) is 0 Å². The summed E-state index contributed by atoms with van der Waals surface area (Å²) in [4.78, 5) is 0. The molecule has 0 spiro atoms. The van der Waals surface area contributed by atoms with E-state index in [1.54, 1.807) is 24.3 Å². The summed E-state index contributed by atoms with van der Waals surface area (Å²) in [6.45, 7) is 0. The van der Waals surface area contributed by atoms with E-state index in [1.165, 1.54) is 12.1 Å². The molecule has 0 saturated carbocycles. The smallest absolute Gasteiger partial charge is 0.136 e. The van der Waals surface area contributed by atoms with Crippen molar-refractivity contribution < 1.29 is 37.3 Å². The van der Waals surface area contributed by atoms with Gasteiger partial charge in [0.1, 0.15) is 11.2 Å². The average Bonchev–Trinajstić information content (AvgIpc) is 3.78. The second-order valence-corrected chi connectivity index (χ2v) is 11.0. The Hall–Kier alpha value is -6.44. The molecule has 10 aromatic rings. The fourth-order valence-electron chi connectivity index (χ4n) is 6.27. The van der Waals surface area contributed by atoms with Crippen molar-refractivity contribution in [3.8, 4) is 44.5 Å². The SMILES string of the molecule is [2H]c1c([2H])c([2H])c(-c2c([2H])c([2H])c3oc4c([2H])c([2H])c([2H])c(-c5ccc6cc(-c7c8c([2H])c([2H])c([2H])c([2H])c8c(-c8c([2H])c([2H])c([2H])c([2H])c8[2H])c8c([2H])c([2H])c([2H])c([2H])c78)ccc6c5)c4c3c2[2H])c([2H])c1[2H]. The van der Waals surface area contributed by atoms with Gasteiger partial charge in [-0.15, -0.1) is 0 Å². The molecule has 1 heteroatoms. The molecule has 1 heterocycles. The molecule has 0 unspecified atom stereocenters. The molecule has 0 amide bonds. The van der Waals surface area contributed by atoms with E-state index in [-0.39, 0.29) is 65.7 Å². The van der Waals surface area contributed by atoms with Crippen LogP contribution in [0.3, 0.4) is 0 Å². The lowest BCUT2D eigenvalue weighted by molar-refractivity contribution is 0.669. The van der Waals surface area contributed by atoms with Gasteiger partial charge in [-0.2, -0.15) is 0 Å². The molecule has 10 rings (SSSR count). The van der Waals surface area contributed by atoms with Crippen LogP contribution in [0, 0.1) is 0 Å². The summed E-state index contributed by atoms with van der Waals surface area (Å²) in [5, 5.41) is -0.857. The van der Waals surface area contributed by atoms with Gasteiger partial charge in [0.05, 0.1) is 32.9 Å². The topological polar surface area (TPSA) is 13.1 Å². The third kappa shape index (κ3) is 4.47. The number of rotatable bonds is 4. The Morgan fingerprint density at radius 2 is 0.918 bits per heavy atom. The Labute approximate surface area is 318 Å². The predicted octanol–water partition coefficient (Wildman–Crippen LogP) is 13.7. The lowest BCUT2D eigenvalue weighted by Gasteiger charge is -2.18. The molecule has 0 N–H and O–H groups in total. The molecule has 9 aromatic carbocycles. The highest BCUT2D eigenvalue weighted by molar-refractivity contribution is 6.22. The summed E-state index contributed by atoms with van der Waals surface area (Å²) >= 11 is 0. The van der Waals surface area contributed by atoms with Crippen LogP contribution in [-0.2, 0) is 0 Å². The van der Waals surface area contributed by atoms with E-state index in [9.17, 15) is 8.22 Å². The minimum atomic E-state index is -0.799. The van der Waals surface area contributed by atoms with Crippen molar-refractivity contribution in [1.82, 2.24) is 0 Å². The summed E-state index contributed by atoms with van der Waals surface area (Å²) in [6.07, 6.45) is 0. The van der Waals surface area contributed by atoms with Crippen LogP contribution in [-0.4, -0.2) is 0 Å². The fourth-order valence-corrected chi connectivity index (χ4v) is 6.27. The molecule has 0 atom stereocenters. The second kappa shape index (κ2) is 11.1. The van der Waals surface area contributed by atoms with Crippen LogP contribution in [0.25, 0.3) is 98.8 Å². The van der Waals surface area contributed by atoms with Crippen molar-refractivity contribution in [2.75, 3.05) is 0 Å². The molecule has 0 aliphatic heterocycles. The van der Waals surface area contributed by atoms with Gasteiger partial charge in [-0.25, -0.2) is 0 Å². The average molecular weight is 647 g/mol. The summed E-state index contributed by atoms with van der Waals surface area (Å²) in [5.74, 6) is 0. The van der Waals surface area contributed by atoms with Crippen LogP contribution in [0.15, 0.2) is 186 Å². The predicted molar refractivity (Wildman–Crippen MR) is 208 cm³/mol. The van der Waals surface area contributed by atoms with Crippen LogP contribution in [0.2, 0.25) is 0 Å². The maximum atomic E-state index is 9.42. The van der Waals surface area contributed by atoms with E-state index < -0.39 is 167 Å². The fraction of sp³-hybridized carbons (Fsp3) is 0. The normalized spacial score (nSPS) is 18.5. The van der Waals surface area contributed by atoms with Gasteiger partial charge in [-0.05, 0) is 107 Å². The van der Waals surface area contributed by atoms with Gasteiger partial charge >= 0.3 is 0 Å². The third-order valence-electron chi connectivity index (χ3n) is 8.37. The molecule has 0 bridgehead atoms. The molecule has 1 nitrogen and oxygen atoms in total. The molecular weight excluding hydrogens is 593 g/mol. The molecular formula is C48H30O. The highest BCUT2D eigenvalue weighted by Crippen LogP contribution is 2.45. The lowest BCUT2D eigenvalue weighted by Crippen LogP contribution is -1.90. The maximum Gasteiger partial charge on any atom is 0.136 e. The van der Waals surface area contributed by atoms with E-state index in [0.29, 0.717) is 10.8 Å². The molecule has 0 saturated heterocycles. The first-order chi connectivity index (χ1) is 34.3. The number of hydrogen-bond acceptors (Lipinski definition) is 1. The van der Waals surface area contributed by atoms with Gasteiger partial charge in [0, 0.05) is 10.8 Å². The van der Waals surface area contributed by atoms with Crippen LogP contribution in [0.1, 0.15) is 32.9 Å². The minimum absolute atomic E-state index is 0.0643. The number of furan rings is 1. The Morgan fingerprint density at radius 3 is 1.57 bits per heavy atom. The highest BCUT2D eigenvalue weighted by atomic mass is 16.3. The minimum Gasteiger partial charge on any atom is -0.456 e. The monoisotopic (exact) mass is 646 g/mol. The van der Waals surface area contributed by atoms with Crippen LogP contribution < -0.4 is 0 Å². The Morgan fingerprint density at radius 1 is 0.367 bits per heavy atom. The van der Waals surface area contributed by atoms with Crippen molar-refractivity contribution in [3.63, 3.8) is 0 Å². The zero-order valence-electron chi connectivity index (χ0n) is 48.9. The molecule has 0 fully saturated rings. The standard InChI is InChI=1S/C48H30O/c1-3-12-31(13-4-1)35-26-27-44-43(30-35)48-38(20-11-21-45(48)49-44)36-24-22-34-29-37(25-23-33(34)28-36)47-41-18-9-7-16-39(41)46(32-14-5-2-6-15-32)40-17-8-10-19-42(40)47/h1-30H/i1D,2D,3D,4D,5D,6D,7D,8D,9D,10D,11D,12D,13D,14D,15D,16D,17D,18D,19D,20D,21D,26D,27D,30D. The van der Waals surface area contributed by atoms with Crippen molar-refractivity contribution in [2.24, 2.45) is 0 Å². The highest BCUT2D eigenvalue weighted by Gasteiger charge is 2.17. The largest absolute Gasteiger partial charge is 0.456 e. The first-order valence-electron chi connectivity index (χ1n) is 26.9. The second-order valence-electron chi connectivity index (χ2n) is 11.0. The molecule has 0 radical (unpaired) electrons. The van der Waals surface area contributed by atoms with Gasteiger partial charge < -0.3 is 4.42 Å². The van der Waals surface area contributed by atoms with Gasteiger partial charge in [0.25, 0.3) is 0 Å². The first kappa shape index (κ1) is 12.9. The van der Waals surface area contributed by atoms with Crippen LogP contribution in [0.5, 0.6) is 0 Å². The third-order valence-corrected chi connectivity index (χ3v) is 8.37. The molecule has 49 heavy (non-hydrogen) atoms. The molecule has 1 aromatic heterocycles. The summed E-state index contributed by atoms with van der Waals surface area (Å²) in [7, 11) is 0. The Bertz CT molecular complexity index is 4120. The van der Waals surface area contributed by atoms with Gasteiger partial charge in [0.2, 0.25) is 0 Å². The van der Waals surface area contributed by atoms with Crippen molar-refractivity contribution in [2.45, 2.75) is 0 Å². The zero-order chi connectivity index (χ0) is 53.2. The number of hydrogen-bond donors (Lipinski definition) is 0. The Kier molecular flexibility index (Phi) is 2.91. The molecule has 228 valence electrons. The Balaban J connectivity index is 1.29. The van der Waals surface area contributed by atoms with E-state index in [0.717, 1.165) is 0 Å². The lowest BCUT2D eigenvalue weighted by atomic mass is 9.85. The van der Waals surface area contributed by atoms with E-state index in [2.05, 4.69) is 0 Å². The number of benzene rings is 9. The van der Waals surface area contributed by atoms with Crippen molar-refractivity contribution in [3.05, 3.63) is 181 Å². The van der Waals surface area contributed by atoms with Crippen LogP contribution in [0.4, 0.5) is 0 Å². The summed E-state index contributed by atoms with van der Waals surface area (Å²) in [5.41, 5.74) is -2.55. The van der Waals surface area contributed by atoms with E-state index in [1.807, 2.05) is 0 Å². The van der Waals surface area contributed by atoms with E-state index in [4.69, 9.17) is 29.1 Å². The van der Waals surface area contributed by atoms with Gasteiger partial charge in [-0.1, -0.05) is 151 Å². The first-order valence-corrected chi connectivity index (χ1v) is 14.9. The quantitative estimate of drug-likeness (QED) is 0.173. The zero-order valence-corrected chi connectivity index (χ0v) is 24.9. The van der Waals surface area contributed by atoms with Crippen molar-refractivity contribution in [1.29, 1.82) is 0 Å². The summed E-state index contributed by atoms with van der Waals surface area (Å²) in [6, 6.07) is -7.84. The molecule has 0 aliphatic rings. The maximum absolute atomic E-state index is 9.42. The van der Waals surface area contributed by atoms with E-state index >= 15 is 0 Å². The number of fused-ring (bicyclic) bond motifs is 6. The van der Waals surface area contributed by atoms with Crippen molar-refractivity contribution >= 4 is 54.3 Å². The molecule has 0 aliphatic carbocycles.